The van der Waals surface area contributed by atoms with Crippen LogP contribution in [-0.4, -0.2) is 32.1 Å². The lowest BCUT2D eigenvalue weighted by Gasteiger charge is -2.36. The molecule has 1 aliphatic carbocycles. The first-order chi connectivity index (χ1) is 17.0. The third-order valence-electron chi connectivity index (χ3n) is 6.60. The zero-order chi connectivity index (χ0) is 24.9. The van der Waals surface area contributed by atoms with E-state index in [0.29, 0.717) is 30.6 Å². The summed E-state index contributed by atoms with van der Waals surface area (Å²) in [7, 11) is 1.64. The minimum atomic E-state index is -0.477. The average Bonchev–Trinajstić information content (AvgIpc) is 2.87. The number of dihydropyridines is 1. The molecule has 0 amide bonds. The fraction of sp³-hybridized carbons (Fsp3) is 0.379. The fourth-order valence-electron chi connectivity index (χ4n) is 4.94. The average molecular weight is 476 g/mol. The van der Waals surface area contributed by atoms with Gasteiger partial charge in [0.25, 0.3) is 0 Å². The van der Waals surface area contributed by atoms with E-state index < -0.39 is 11.9 Å². The summed E-state index contributed by atoms with van der Waals surface area (Å²) in [4.78, 5) is 26.7. The molecule has 2 aromatic carbocycles. The highest BCUT2D eigenvalue weighted by Gasteiger charge is 2.41. The standard InChI is InChI=1S/C29H33NO5/c1-5-15-35-23-13-9-20(10-14-23)27-26(29(32)34-6-2)18(3)30-24-16-21(17-25(31)28(24)27)19-7-11-22(33-4)12-8-19/h7-14,21,27,30H,5-6,15-17H2,1-4H3/t21-,27+/m0/s1. The molecular weight excluding hydrogens is 442 g/mol. The van der Waals surface area contributed by atoms with Crippen molar-refractivity contribution in [2.45, 2.75) is 51.9 Å². The van der Waals surface area contributed by atoms with Crippen molar-refractivity contribution in [1.29, 1.82) is 0 Å². The maximum absolute atomic E-state index is 13.6. The largest absolute Gasteiger partial charge is 0.497 e. The van der Waals surface area contributed by atoms with Crippen LogP contribution < -0.4 is 14.8 Å². The quantitative estimate of drug-likeness (QED) is 0.515. The molecule has 0 saturated heterocycles. The number of ketones is 1. The van der Waals surface area contributed by atoms with Crippen LogP contribution in [0.5, 0.6) is 11.5 Å². The van der Waals surface area contributed by atoms with E-state index in [1.165, 1.54) is 0 Å². The first-order valence-electron chi connectivity index (χ1n) is 12.2. The van der Waals surface area contributed by atoms with Crippen molar-refractivity contribution in [2.24, 2.45) is 0 Å². The molecule has 1 N–H and O–H groups in total. The number of Topliss-reactive ketones (excluding diaryl/α,β-unsaturated/α-hetero) is 1. The van der Waals surface area contributed by atoms with Crippen LogP contribution in [0.2, 0.25) is 0 Å². The summed E-state index contributed by atoms with van der Waals surface area (Å²) >= 11 is 0. The highest BCUT2D eigenvalue weighted by molar-refractivity contribution is 6.04. The molecule has 0 fully saturated rings. The number of carbonyl (C=O) groups excluding carboxylic acids is 2. The monoisotopic (exact) mass is 475 g/mol. The molecule has 1 aliphatic heterocycles. The van der Waals surface area contributed by atoms with Crippen molar-refractivity contribution in [3.63, 3.8) is 0 Å². The molecule has 0 unspecified atom stereocenters. The number of hydrogen-bond donors (Lipinski definition) is 1. The summed E-state index contributed by atoms with van der Waals surface area (Å²) in [5.74, 6) is 0.787. The Bertz CT molecular complexity index is 1140. The van der Waals surface area contributed by atoms with E-state index in [-0.39, 0.29) is 18.3 Å². The highest BCUT2D eigenvalue weighted by Crippen LogP contribution is 2.46. The number of methoxy groups -OCH3 is 1. The summed E-state index contributed by atoms with van der Waals surface area (Å²) in [5, 5.41) is 3.39. The molecule has 2 atom stereocenters. The molecule has 2 aliphatic rings. The summed E-state index contributed by atoms with van der Waals surface area (Å²) in [5.41, 5.74) is 4.72. The maximum atomic E-state index is 13.6. The second-order valence-corrected chi connectivity index (χ2v) is 8.93. The van der Waals surface area contributed by atoms with E-state index in [4.69, 9.17) is 14.2 Å². The molecule has 2 aromatic rings. The lowest BCUT2D eigenvalue weighted by atomic mass is 9.71. The minimum Gasteiger partial charge on any atom is -0.497 e. The third kappa shape index (κ3) is 5.11. The Hall–Kier alpha value is -3.54. The van der Waals surface area contributed by atoms with Gasteiger partial charge in [-0.3, -0.25) is 4.79 Å². The van der Waals surface area contributed by atoms with Gasteiger partial charge in [-0.1, -0.05) is 31.2 Å². The van der Waals surface area contributed by atoms with Gasteiger partial charge in [0.2, 0.25) is 0 Å². The van der Waals surface area contributed by atoms with Crippen LogP contribution in [0, 0.1) is 0 Å². The molecule has 0 radical (unpaired) electrons. The van der Waals surface area contributed by atoms with Crippen molar-refractivity contribution in [3.8, 4) is 11.5 Å². The zero-order valence-electron chi connectivity index (χ0n) is 20.9. The van der Waals surface area contributed by atoms with Crippen molar-refractivity contribution in [1.82, 2.24) is 5.32 Å². The van der Waals surface area contributed by atoms with Crippen molar-refractivity contribution >= 4 is 11.8 Å². The van der Waals surface area contributed by atoms with Crippen LogP contribution in [0.25, 0.3) is 0 Å². The van der Waals surface area contributed by atoms with Gasteiger partial charge in [-0.25, -0.2) is 4.79 Å². The second kappa shape index (κ2) is 10.8. The van der Waals surface area contributed by atoms with E-state index >= 15 is 0 Å². The summed E-state index contributed by atoms with van der Waals surface area (Å²) in [6, 6.07) is 15.6. The predicted octanol–water partition coefficient (Wildman–Crippen LogP) is 5.41. The number of nitrogens with one attached hydrogen (secondary N) is 1. The van der Waals surface area contributed by atoms with Gasteiger partial charge in [0, 0.05) is 29.3 Å². The van der Waals surface area contributed by atoms with Crippen molar-refractivity contribution < 1.29 is 23.8 Å². The maximum Gasteiger partial charge on any atom is 0.336 e. The molecule has 0 saturated carbocycles. The van der Waals surface area contributed by atoms with Gasteiger partial charge in [-0.15, -0.1) is 0 Å². The van der Waals surface area contributed by atoms with Crippen molar-refractivity contribution in [2.75, 3.05) is 20.3 Å². The molecule has 35 heavy (non-hydrogen) atoms. The van der Waals surface area contributed by atoms with E-state index in [9.17, 15) is 9.59 Å². The predicted molar refractivity (Wildman–Crippen MR) is 134 cm³/mol. The van der Waals surface area contributed by atoms with Gasteiger partial charge in [0.15, 0.2) is 5.78 Å². The van der Waals surface area contributed by atoms with Gasteiger partial charge in [0.1, 0.15) is 11.5 Å². The zero-order valence-corrected chi connectivity index (χ0v) is 20.9. The lowest BCUT2D eigenvalue weighted by molar-refractivity contribution is -0.138. The van der Waals surface area contributed by atoms with E-state index in [1.807, 2.05) is 55.5 Å². The van der Waals surface area contributed by atoms with Gasteiger partial charge < -0.3 is 19.5 Å². The number of hydrogen-bond acceptors (Lipinski definition) is 6. The van der Waals surface area contributed by atoms with Crippen LogP contribution in [0.4, 0.5) is 0 Å². The van der Waals surface area contributed by atoms with Crippen LogP contribution in [0.3, 0.4) is 0 Å². The SMILES string of the molecule is CCCOc1ccc([C@@H]2C(C(=O)OCC)=C(C)NC3=C2C(=O)C[C@@H](c2ccc(OC)cc2)C3)cc1. The Morgan fingerprint density at radius 2 is 1.63 bits per heavy atom. The van der Waals surface area contributed by atoms with Crippen LogP contribution in [-0.2, 0) is 14.3 Å². The summed E-state index contributed by atoms with van der Waals surface area (Å²) in [6.45, 7) is 6.63. The van der Waals surface area contributed by atoms with Crippen LogP contribution >= 0.6 is 0 Å². The topological polar surface area (TPSA) is 73.9 Å². The smallest absolute Gasteiger partial charge is 0.336 e. The fourth-order valence-corrected chi connectivity index (χ4v) is 4.94. The lowest BCUT2D eigenvalue weighted by Crippen LogP contribution is -2.36. The van der Waals surface area contributed by atoms with Crippen LogP contribution in [0.15, 0.2) is 71.1 Å². The Balaban J connectivity index is 1.72. The van der Waals surface area contributed by atoms with E-state index in [1.54, 1.807) is 14.0 Å². The van der Waals surface area contributed by atoms with Gasteiger partial charge in [-0.2, -0.15) is 0 Å². The van der Waals surface area contributed by atoms with Crippen LogP contribution in [0.1, 0.15) is 63.0 Å². The van der Waals surface area contributed by atoms with Gasteiger partial charge in [-0.05, 0) is 68.0 Å². The normalized spacial score (nSPS) is 19.7. The highest BCUT2D eigenvalue weighted by atomic mass is 16.5. The molecule has 4 rings (SSSR count). The first-order valence-corrected chi connectivity index (χ1v) is 12.2. The molecule has 1 heterocycles. The second-order valence-electron chi connectivity index (χ2n) is 8.93. The number of allylic oxidation sites excluding steroid dienone is 3. The van der Waals surface area contributed by atoms with Gasteiger partial charge in [0.05, 0.1) is 25.9 Å². The van der Waals surface area contributed by atoms with E-state index in [0.717, 1.165) is 40.4 Å². The molecule has 6 heteroatoms. The van der Waals surface area contributed by atoms with E-state index in [2.05, 4.69) is 12.2 Å². The molecule has 6 nitrogen and oxygen atoms in total. The number of carbonyl (C=O) groups is 2. The Labute approximate surface area is 207 Å². The number of rotatable bonds is 8. The minimum absolute atomic E-state index is 0.0465. The number of ether oxygens (including phenoxy) is 3. The number of benzene rings is 2. The Morgan fingerprint density at radius 3 is 2.26 bits per heavy atom. The number of esters is 1. The molecule has 0 aromatic heterocycles. The summed E-state index contributed by atoms with van der Waals surface area (Å²) in [6.07, 6.45) is 2.00. The van der Waals surface area contributed by atoms with Crippen molar-refractivity contribution in [3.05, 3.63) is 82.2 Å². The third-order valence-corrected chi connectivity index (χ3v) is 6.60. The molecule has 0 bridgehead atoms. The molecule has 184 valence electrons. The molecular formula is C29H33NO5. The first kappa shape index (κ1) is 24.6. The Morgan fingerprint density at radius 1 is 0.971 bits per heavy atom. The Kier molecular flexibility index (Phi) is 7.59. The summed E-state index contributed by atoms with van der Waals surface area (Å²) < 4.78 is 16.4. The van der Waals surface area contributed by atoms with Gasteiger partial charge >= 0.3 is 5.97 Å². The molecule has 0 spiro atoms.